The van der Waals surface area contributed by atoms with E-state index in [0.717, 1.165) is 50.8 Å². The maximum Gasteiger partial charge on any atom is 0.241 e. The zero-order chi connectivity index (χ0) is 15.3. The van der Waals surface area contributed by atoms with Crippen molar-refractivity contribution in [3.05, 3.63) is 28.2 Å². The van der Waals surface area contributed by atoms with E-state index in [1.54, 1.807) is 6.07 Å². The number of benzene rings is 1. The minimum atomic E-state index is -3.43. The molecule has 0 amide bonds. The minimum absolute atomic E-state index is 0.0906. The molecule has 0 spiro atoms. The molecular weight excluding hydrogens is 352 g/mol. The largest absolute Gasteiger partial charge is 0.313 e. The highest BCUT2D eigenvalue weighted by Crippen LogP contribution is 2.25. The Balaban J connectivity index is 2.08. The first-order chi connectivity index (χ1) is 10.0. The van der Waals surface area contributed by atoms with Gasteiger partial charge in [0.25, 0.3) is 0 Å². The van der Waals surface area contributed by atoms with Crippen LogP contribution in [0.2, 0.25) is 0 Å². The first-order valence-electron chi connectivity index (χ1n) is 7.54. The Hall–Kier alpha value is -0.430. The Kier molecular flexibility index (Phi) is 6.22. The summed E-state index contributed by atoms with van der Waals surface area (Å²) >= 11 is 3.39. The molecule has 1 saturated carbocycles. The minimum Gasteiger partial charge on any atom is -0.313 e. The van der Waals surface area contributed by atoms with E-state index in [9.17, 15) is 8.42 Å². The van der Waals surface area contributed by atoms with E-state index < -0.39 is 10.0 Å². The zero-order valence-corrected chi connectivity index (χ0v) is 14.8. The summed E-state index contributed by atoms with van der Waals surface area (Å²) in [6.45, 7) is 3.83. The molecule has 1 aliphatic rings. The fraction of sp³-hybridized carbons (Fsp3) is 0.600. The highest BCUT2D eigenvalue weighted by atomic mass is 79.9. The predicted octanol–water partition coefficient (Wildman–Crippen LogP) is 3.17. The van der Waals surface area contributed by atoms with Crippen LogP contribution in [0.4, 0.5) is 0 Å². The molecule has 6 heteroatoms. The van der Waals surface area contributed by atoms with Gasteiger partial charge in [-0.25, -0.2) is 13.1 Å². The Morgan fingerprint density at radius 2 is 2.00 bits per heavy atom. The smallest absolute Gasteiger partial charge is 0.241 e. The molecule has 0 atom stereocenters. The number of halogens is 1. The average Bonchev–Trinajstić information content (AvgIpc) is 2.91. The lowest BCUT2D eigenvalue weighted by Gasteiger charge is -2.14. The average molecular weight is 375 g/mol. The van der Waals surface area contributed by atoms with Gasteiger partial charge >= 0.3 is 0 Å². The fourth-order valence-electron chi connectivity index (χ4n) is 2.61. The molecule has 0 aliphatic heterocycles. The monoisotopic (exact) mass is 374 g/mol. The van der Waals surface area contributed by atoms with Crippen LogP contribution in [0.1, 0.15) is 44.6 Å². The van der Waals surface area contributed by atoms with E-state index in [1.807, 2.05) is 12.1 Å². The van der Waals surface area contributed by atoms with Crippen molar-refractivity contribution in [3.63, 3.8) is 0 Å². The lowest BCUT2D eigenvalue weighted by molar-refractivity contribution is 0.551. The summed E-state index contributed by atoms with van der Waals surface area (Å²) in [4.78, 5) is 0.327. The van der Waals surface area contributed by atoms with Crippen molar-refractivity contribution in [2.24, 2.45) is 0 Å². The number of sulfonamides is 1. The molecule has 21 heavy (non-hydrogen) atoms. The van der Waals surface area contributed by atoms with Crippen LogP contribution in [0.15, 0.2) is 27.6 Å². The van der Waals surface area contributed by atoms with Crippen LogP contribution in [0, 0.1) is 0 Å². The first-order valence-corrected chi connectivity index (χ1v) is 9.82. The van der Waals surface area contributed by atoms with E-state index in [2.05, 4.69) is 32.9 Å². The van der Waals surface area contributed by atoms with E-state index in [0.29, 0.717) is 9.37 Å². The van der Waals surface area contributed by atoms with Gasteiger partial charge in [-0.05, 0) is 59.4 Å². The van der Waals surface area contributed by atoms with Gasteiger partial charge < -0.3 is 5.32 Å². The predicted molar refractivity (Wildman–Crippen MR) is 88.7 cm³/mol. The van der Waals surface area contributed by atoms with Crippen molar-refractivity contribution >= 4 is 26.0 Å². The molecule has 2 rings (SSSR count). The standard InChI is InChI=1S/C15H23BrN2O2S/c1-2-9-17-11-12-7-8-15(14(16)10-12)21(19,20)18-13-5-3-4-6-13/h7-8,10,13,17-18H,2-6,9,11H2,1H3. The van der Waals surface area contributed by atoms with Gasteiger partial charge in [-0.2, -0.15) is 0 Å². The second kappa shape index (κ2) is 7.72. The van der Waals surface area contributed by atoms with Crippen molar-refractivity contribution in [1.82, 2.24) is 10.0 Å². The van der Waals surface area contributed by atoms with E-state index >= 15 is 0 Å². The number of nitrogens with one attached hydrogen (secondary N) is 2. The molecule has 1 aromatic carbocycles. The Labute approximate surface area is 135 Å². The summed E-state index contributed by atoms with van der Waals surface area (Å²) in [5.74, 6) is 0. The van der Waals surface area contributed by atoms with Gasteiger partial charge in [0.15, 0.2) is 0 Å². The third-order valence-corrected chi connectivity index (χ3v) is 6.22. The van der Waals surface area contributed by atoms with Crippen molar-refractivity contribution < 1.29 is 8.42 Å². The normalized spacial score (nSPS) is 16.5. The highest BCUT2D eigenvalue weighted by molar-refractivity contribution is 9.10. The third-order valence-electron chi connectivity index (χ3n) is 3.72. The molecule has 4 nitrogen and oxygen atoms in total. The molecule has 0 aromatic heterocycles. The van der Waals surface area contributed by atoms with Gasteiger partial charge in [0, 0.05) is 17.1 Å². The lowest BCUT2D eigenvalue weighted by atomic mass is 10.2. The molecule has 1 fully saturated rings. The Bertz CT molecular complexity index is 569. The third kappa shape index (κ3) is 4.77. The van der Waals surface area contributed by atoms with Crippen LogP contribution < -0.4 is 10.0 Å². The first kappa shape index (κ1) is 16.9. The molecule has 1 aromatic rings. The van der Waals surface area contributed by atoms with Gasteiger partial charge in [0.1, 0.15) is 0 Å². The van der Waals surface area contributed by atoms with Gasteiger partial charge in [-0.3, -0.25) is 0 Å². The second-order valence-electron chi connectivity index (χ2n) is 5.54. The van der Waals surface area contributed by atoms with Gasteiger partial charge in [-0.1, -0.05) is 25.8 Å². The number of hydrogen-bond acceptors (Lipinski definition) is 3. The van der Waals surface area contributed by atoms with Crippen molar-refractivity contribution in [2.45, 2.75) is 56.5 Å². The van der Waals surface area contributed by atoms with E-state index in [4.69, 9.17) is 0 Å². The van der Waals surface area contributed by atoms with Crippen LogP contribution >= 0.6 is 15.9 Å². The summed E-state index contributed by atoms with van der Waals surface area (Å²) in [6.07, 6.45) is 5.18. The molecular formula is C15H23BrN2O2S. The maximum absolute atomic E-state index is 12.4. The van der Waals surface area contributed by atoms with Crippen molar-refractivity contribution in [2.75, 3.05) is 6.54 Å². The van der Waals surface area contributed by atoms with Crippen LogP contribution in [0.3, 0.4) is 0 Å². The van der Waals surface area contributed by atoms with Crippen LogP contribution in [0.5, 0.6) is 0 Å². The molecule has 0 bridgehead atoms. The van der Waals surface area contributed by atoms with Crippen LogP contribution in [-0.4, -0.2) is 21.0 Å². The molecule has 0 saturated heterocycles. The summed E-state index contributed by atoms with van der Waals surface area (Å²) in [5.41, 5.74) is 1.08. The van der Waals surface area contributed by atoms with Gasteiger partial charge in [-0.15, -0.1) is 0 Å². The molecule has 0 radical (unpaired) electrons. The molecule has 118 valence electrons. The lowest BCUT2D eigenvalue weighted by Crippen LogP contribution is -2.32. The van der Waals surface area contributed by atoms with Gasteiger partial charge in [0.2, 0.25) is 10.0 Å². The highest BCUT2D eigenvalue weighted by Gasteiger charge is 2.24. The molecule has 2 N–H and O–H groups in total. The second-order valence-corrected chi connectivity index (χ2v) is 8.08. The summed E-state index contributed by atoms with van der Waals surface area (Å²) in [5, 5.41) is 3.31. The van der Waals surface area contributed by atoms with Crippen molar-refractivity contribution in [1.29, 1.82) is 0 Å². The molecule has 0 heterocycles. The van der Waals surface area contributed by atoms with Crippen LogP contribution in [-0.2, 0) is 16.6 Å². The number of rotatable bonds is 7. The van der Waals surface area contributed by atoms with Gasteiger partial charge in [0.05, 0.1) is 4.90 Å². The van der Waals surface area contributed by atoms with Crippen LogP contribution in [0.25, 0.3) is 0 Å². The van der Waals surface area contributed by atoms with E-state index in [1.165, 1.54) is 0 Å². The molecule has 0 unspecified atom stereocenters. The summed E-state index contributed by atoms with van der Waals surface area (Å²) in [6, 6.07) is 5.53. The topological polar surface area (TPSA) is 58.2 Å². The summed E-state index contributed by atoms with van der Waals surface area (Å²) in [7, 11) is -3.43. The Morgan fingerprint density at radius 3 is 2.62 bits per heavy atom. The SMILES string of the molecule is CCCNCc1ccc(S(=O)(=O)NC2CCCC2)c(Br)c1. The Morgan fingerprint density at radius 1 is 1.29 bits per heavy atom. The fourth-order valence-corrected chi connectivity index (χ4v) is 5.04. The molecule has 1 aliphatic carbocycles. The van der Waals surface area contributed by atoms with Crippen molar-refractivity contribution in [3.8, 4) is 0 Å². The number of hydrogen-bond donors (Lipinski definition) is 2. The van der Waals surface area contributed by atoms with E-state index in [-0.39, 0.29) is 6.04 Å². The quantitative estimate of drug-likeness (QED) is 0.720. The maximum atomic E-state index is 12.4. The zero-order valence-electron chi connectivity index (χ0n) is 12.4. The summed E-state index contributed by atoms with van der Waals surface area (Å²) < 4.78 is 28.3.